The number of amides is 1. The number of halogens is 3. The van der Waals surface area contributed by atoms with Crippen LogP contribution in [0.5, 0.6) is 0 Å². The molecular weight excluding hydrogens is 381 g/mol. The first-order valence-corrected chi connectivity index (χ1v) is 9.72. The number of β-amino-alcohol motifs (C(OH)–C–C–N with tert-alkyl or cyclic N) is 1. The highest BCUT2D eigenvalue weighted by Crippen LogP contribution is 2.31. The average molecular weight is 406 g/mol. The van der Waals surface area contributed by atoms with Gasteiger partial charge in [-0.15, -0.1) is 0 Å². The standard InChI is InChI=1S/C22H25F3N2O2/c23-22(24,25)20-4-2-1-3-19(20)14-26-21(29)18-7-5-16(6-8-18)13-17-9-10-27(15-17)11-12-28/h1-8,17,28H,9-15H2,(H,26,29). The number of nitrogens with zero attached hydrogens (tertiary/aromatic N) is 1. The zero-order chi connectivity index (χ0) is 20.9. The van der Waals surface area contributed by atoms with Crippen molar-refractivity contribution < 1.29 is 23.1 Å². The summed E-state index contributed by atoms with van der Waals surface area (Å²) >= 11 is 0. The van der Waals surface area contributed by atoms with E-state index >= 15 is 0 Å². The molecule has 1 heterocycles. The summed E-state index contributed by atoms with van der Waals surface area (Å²) in [7, 11) is 0. The summed E-state index contributed by atoms with van der Waals surface area (Å²) in [4.78, 5) is 14.6. The number of benzene rings is 2. The lowest BCUT2D eigenvalue weighted by Crippen LogP contribution is -2.25. The third-order valence-electron chi connectivity index (χ3n) is 5.29. The van der Waals surface area contributed by atoms with Gasteiger partial charge in [-0.2, -0.15) is 13.2 Å². The molecule has 1 unspecified atom stereocenters. The minimum atomic E-state index is -4.45. The molecule has 3 rings (SSSR count). The SMILES string of the molecule is O=C(NCc1ccccc1C(F)(F)F)c1ccc(CC2CCN(CCO)C2)cc1. The highest BCUT2D eigenvalue weighted by Gasteiger charge is 2.32. The minimum Gasteiger partial charge on any atom is -0.395 e. The average Bonchev–Trinajstić information content (AvgIpc) is 3.13. The third kappa shape index (κ3) is 5.81. The van der Waals surface area contributed by atoms with Crippen LogP contribution in [0.15, 0.2) is 48.5 Å². The summed E-state index contributed by atoms with van der Waals surface area (Å²) in [5.74, 6) is 0.128. The van der Waals surface area contributed by atoms with Crippen molar-refractivity contribution >= 4 is 5.91 Å². The Balaban J connectivity index is 1.55. The molecule has 1 amide bonds. The van der Waals surface area contributed by atoms with E-state index in [9.17, 15) is 18.0 Å². The molecule has 2 aromatic carbocycles. The van der Waals surface area contributed by atoms with Crippen LogP contribution in [0, 0.1) is 5.92 Å². The second kappa shape index (κ2) is 9.41. The summed E-state index contributed by atoms with van der Waals surface area (Å²) < 4.78 is 39.1. The topological polar surface area (TPSA) is 52.6 Å². The Bertz CT molecular complexity index is 822. The van der Waals surface area contributed by atoms with Crippen LogP contribution in [-0.2, 0) is 19.1 Å². The zero-order valence-electron chi connectivity index (χ0n) is 16.1. The van der Waals surface area contributed by atoms with Gasteiger partial charge in [-0.3, -0.25) is 4.79 Å². The van der Waals surface area contributed by atoms with Crippen LogP contribution in [0.1, 0.15) is 33.5 Å². The number of nitrogens with one attached hydrogen (secondary N) is 1. The fourth-order valence-corrected chi connectivity index (χ4v) is 3.78. The maximum Gasteiger partial charge on any atom is 0.416 e. The Morgan fingerprint density at radius 2 is 1.86 bits per heavy atom. The number of aliphatic hydroxyl groups is 1. The highest BCUT2D eigenvalue weighted by atomic mass is 19.4. The molecule has 0 saturated carbocycles. The molecule has 2 N–H and O–H groups in total. The van der Waals surface area contributed by atoms with Crippen LogP contribution in [-0.4, -0.2) is 42.2 Å². The third-order valence-corrected chi connectivity index (χ3v) is 5.29. The molecule has 1 atom stereocenters. The smallest absolute Gasteiger partial charge is 0.395 e. The molecule has 4 nitrogen and oxygen atoms in total. The van der Waals surface area contributed by atoms with E-state index in [2.05, 4.69) is 10.2 Å². The summed E-state index contributed by atoms with van der Waals surface area (Å²) in [6.07, 6.45) is -2.46. The summed E-state index contributed by atoms with van der Waals surface area (Å²) in [5.41, 5.74) is 0.854. The van der Waals surface area contributed by atoms with Crippen molar-refractivity contribution in [2.24, 2.45) is 5.92 Å². The van der Waals surface area contributed by atoms with E-state index in [-0.39, 0.29) is 18.7 Å². The van der Waals surface area contributed by atoms with Gasteiger partial charge in [0.15, 0.2) is 0 Å². The Kier molecular flexibility index (Phi) is 6.92. The lowest BCUT2D eigenvalue weighted by Gasteiger charge is -2.14. The lowest BCUT2D eigenvalue weighted by molar-refractivity contribution is -0.138. The molecule has 0 bridgehead atoms. The van der Waals surface area contributed by atoms with Gasteiger partial charge < -0.3 is 15.3 Å². The minimum absolute atomic E-state index is 0.0404. The fourth-order valence-electron chi connectivity index (χ4n) is 3.78. The first-order valence-electron chi connectivity index (χ1n) is 9.72. The van der Waals surface area contributed by atoms with Crippen LogP contribution in [0.4, 0.5) is 13.2 Å². The lowest BCUT2D eigenvalue weighted by atomic mass is 9.98. The maximum atomic E-state index is 13.0. The summed E-state index contributed by atoms with van der Waals surface area (Å²) in [6.45, 7) is 2.64. The number of carbonyl (C=O) groups is 1. The van der Waals surface area contributed by atoms with Gasteiger partial charge >= 0.3 is 6.18 Å². The van der Waals surface area contributed by atoms with Crippen molar-refractivity contribution in [1.82, 2.24) is 10.2 Å². The molecule has 29 heavy (non-hydrogen) atoms. The predicted molar refractivity (Wildman–Crippen MR) is 104 cm³/mol. The van der Waals surface area contributed by atoms with Gasteiger partial charge in [-0.05, 0) is 54.6 Å². The number of carbonyl (C=O) groups excluding carboxylic acids is 1. The maximum absolute atomic E-state index is 13.0. The fraction of sp³-hybridized carbons (Fsp3) is 0.409. The molecule has 1 fully saturated rings. The van der Waals surface area contributed by atoms with Gasteiger partial charge in [0.1, 0.15) is 0 Å². The van der Waals surface area contributed by atoms with Crippen LogP contribution in [0.2, 0.25) is 0 Å². The molecular formula is C22H25F3N2O2. The van der Waals surface area contributed by atoms with Gasteiger partial charge in [0.05, 0.1) is 12.2 Å². The molecule has 1 saturated heterocycles. The van der Waals surface area contributed by atoms with Crippen molar-refractivity contribution in [3.05, 3.63) is 70.8 Å². The number of hydrogen-bond donors (Lipinski definition) is 2. The molecule has 0 aliphatic carbocycles. The van der Waals surface area contributed by atoms with Gasteiger partial charge in [-0.1, -0.05) is 30.3 Å². The molecule has 1 aliphatic rings. The first kappa shape index (κ1) is 21.3. The molecule has 1 aliphatic heterocycles. The number of alkyl halides is 3. The normalized spacial score (nSPS) is 17.4. The molecule has 0 aromatic heterocycles. The van der Waals surface area contributed by atoms with Crippen LogP contribution in [0.3, 0.4) is 0 Å². The number of aliphatic hydroxyl groups excluding tert-OH is 1. The number of rotatable bonds is 7. The summed E-state index contributed by atoms with van der Waals surface area (Å²) in [6, 6.07) is 12.5. The van der Waals surface area contributed by atoms with Gasteiger partial charge in [0.25, 0.3) is 5.91 Å². The van der Waals surface area contributed by atoms with Crippen LogP contribution >= 0.6 is 0 Å². The highest BCUT2D eigenvalue weighted by molar-refractivity contribution is 5.94. The van der Waals surface area contributed by atoms with E-state index in [1.165, 1.54) is 18.2 Å². The van der Waals surface area contributed by atoms with Gasteiger partial charge in [0, 0.05) is 25.2 Å². The quantitative estimate of drug-likeness (QED) is 0.740. The molecule has 7 heteroatoms. The van der Waals surface area contributed by atoms with E-state index in [1.807, 2.05) is 12.1 Å². The van der Waals surface area contributed by atoms with E-state index in [4.69, 9.17) is 5.11 Å². The van der Waals surface area contributed by atoms with Crippen molar-refractivity contribution in [3.8, 4) is 0 Å². The molecule has 0 radical (unpaired) electrons. The predicted octanol–water partition coefficient (Wildman–Crippen LogP) is 3.49. The van der Waals surface area contributed by atoms with E-state index in [0.29, 0.717) is 18.0 Å². The van der Waals surface area contributed by atoms with Gasteiger partial charge in [0.2, 0.25) is 0 Å². The van der Waals surface area contributed by atoms with E-state index in [0.717, 1.165) is 37.6 Å². The number of hydrogen-bond acceptors (Lipinski definition) is 3. The monoisotopic (exact) mass is 406 g/mol. The second-order valence-electron chi connectivity index (χ2n) is 7.42. The van der Waals surface area contributed by atoms with Gasteiger partial charge in [-0.25, -0.2) is 0 Å². The zero-order valence-corrected chi connectivity index (χ0v) is 16.1. The van der Waals surface area contributed by atoms with Crippen molar-refractivity contribution in [1.29, 1.82) is 0 Å². The molecule has 0 spiro atoms. The second-order valence-corrected chi connectivity index (χ2v) is 7.42. The Labute approximate surface area is 168 Å². The van der Waals surface area contributed by atoms with Crippen molar-refractivity contribution in [2.75, 3.05) is 26.2 Å². The largest absolute Gasteiger partial charge is 0.416 e. The van der Waals surface area contributed by atoms with E-state index < -0.39 is 17.6 Å². The number of likely N-dealkylation sites (tertiary alicyclic amines) is 1. The Morgan fingerprint density at radius 1 is 1.14 bits per heavy atom. The van der Waals surface area contributed by atoms with Crippen LogP contribution in [0.25, 0.3) is 0 Å². The Hall–Kier alpha value is -2.38. The first-order chi connectivity index (χ1) is 13.9. The van der Waals surface area contributed by atoms with E-state index in [1.54, 1.807) is 12.1 Å². The Morgan fingerprint density at radius 3 is 2.55 bits per heavy atom. The summed E-state index contributed by atoms with van der Waals surface area (Å²) in [5, 5.41) is 11.6. The van der Waals surface area contributed by atoms with Crippen LogP contribution < -0.4 is 5.32 Å². The van der Waals surface area contributed by atoms with Crippen molar-refractivity contribution in [2.45, 2.75) is 25.6 Å². The molecule has 156 valence electrons. The molecule has 2 aromatic rings. The van der Waals surface area contributed by atoms with Crippen molar-refractivity contribution in [3.63, 3.8) is 0 Å².